The van der Waals surface area contributed by atoms with Gasteiger partial charge in [-0.25, -0.2) is 8.42 Å². The molecule has 0 saturated carbocycles. The summed E-state index contributed by atoms with van der Waals surface area (Å²) in [6.45, 7) is 1.47. The van der Waals surface area contributed by atoms with Gasteiger partial charge in [0.2, 0.25) is 10.0 Å². The van der Waals surface area contributed by atoms with Crippen molar-refractivity contribution in [1.29, 1.82) is 5.26 Å². The molecular weight excluding hydrogens is 442 g/mol. The number of nitrogens with zero attached hydrogens (tertiary/aromatic N) is 2. The molecule has 8 nitrogen and oxygen atoms in total. The van der Waals surface area contributed by atoms with Crippen molar-refractivity contribution in [3.63, 3.8) is 0 Å². The van der Waals surface area contributed by atoms with Gasteiger partial charge in [0.1, 0.15) is 12.1 Å². The second kappa shape index (κ2) is 9.47. The van der Waals surface area contributed by atoms with Crippen molar-refractivity contribution in [2.75, 3.05) is 18.5 Å². The fraction of sp³-hybridized carbons (Fsp3) is 0.286. The molecule has 1 saturated heterocycles. The molecule has 1 atom stereocenters. The highest BCUT2D eigenvalue weighted by Crippen LogP contribution is 2.27. The van der Waals surface area contributed by atoms with E-state index >= 15 is 0 Å². The number of hydrogen-bond donors (Lipinski definition) is 1. The molecular formula is C21H20ClN3O5S. The monoisotopic (exact) mass is 461 g/mol. The van der Waals surface area contributed by atoms with E-state index in [1.165, 1.54) is 30.3 Å². The maximum atomic E-state index is 12.9. The van der Waals surface area contributed by atoms with Crippen molar-refractivity contribution >= 4 is 39.2 Å². The number of nitriles is 1. The van der Waals surface area contributed by atoms with Crippen molar-refractivity contribution in [2.45, 2.75) is 30.7 Å². The first-order valence-corrected chi connectivity index (χ1v) is 11.3. The summed E-state index contributed by atoms with van der Waals surface area (Å²) in [5.41, 5.74) is 1.53. The molecule has 0 aromatic heterocycles. The molecule has 0 spiro atoms. The first kappa shape index (κ1) is 22.7. The second-order valence-electron chi connectivity index (χ2n) is 7.05. The highest BCUT2D eigenvalue weighted by atomic mass is 35.5. The smallest absolute Gasteiger partial charge is 0.324 e. The van der Waals surface area contributed by atoms with Crippen LogP contribution in [0.15, 0.2) is 47.4 Å². The summed E-state index contributed by atoms with van der Waals surface area (Å²) in [7, 11) is -3.86. The quantitative estimate of drug-likeness (QED) is 0.661. The fourth-order valence-corrected chi connectivity index (χ4v) is 5.09. The molecule has 1 fully saturated rings. The van der Waals surface area contributed by atoms with E-state index in [2.05, 4.69) is 5.32 Å². The Kier molecular flexibility index (Phi) is 6.95. The maximum absolute atomic E-state index is 12.9. The number of amides is 1. The van der Waals surface area contributed by atoms with Crippen LogP contribution in [0.2, 0.25) is 5.02 Å². The minimum atomic E-state index is -3.86. The Balaban J connectivity index is 1.62. The number of sulfonamides is 1. The van der Waals surface area contributed by atoms with Crippen LogP contribution in [-0.2, 0) is 24.3 Å². The molecule has 1 aliphatic heterocycles. The molecule has 1 heterocycles. The fourth-order valence-electron chi connectivity index (χ4n) is 3.22. The minimum Gasteiger partial charge on any atom is -0.454 e. The highest BCUT2D eigenvalue weighted by Gasteiger charge is 2.40. The third-order valence-electron chi connectivity index (χ3n) is 4.82. The molecule has 3 rings (SSSR count). The van der Waals surface area contributed by atoms with Crippen LogP contribution >= 0.6 is 11.6 Å². The lowest BCUT2D eigenvalue weighted by Crippen LogP contribution is -2.42. The van der Waals surface area contributed by atoms with Gasteiger partial charge in [0, 0.05) is 12.2 Å². The molecule has 0 bridgehead atoms. The predicted octanol–water partition coefficient (Wildman–Crippen LogP) is 2.86. The number of ether oxygens (including phenoxy) is 1. The number of esters is 1. The number of carbonyl (C=O) groups excluding carboxylic acids is 2. The molecule has 1 aliphatic rings. The molecule has 0 radical (unpaired) electrons. The van der Waals surface area contributed by atoms with Gasteiger partial charge < -0.3 is 10.1 Å². The summed E-state index contributed by atoms with van der Waals surface area (Å²) in [6.07, 6.45) is 0.831. The Morgan fingerprint density at radius 2 is 1.97 bits per heavy atom. The van der Waals surface area contributed by atoms with Gasteiger partial charge in [-0.05, 0) is 50.1 Å². The van der Waals surface area contributed by atoms with Crippen LogP contribution in [0.25, 0.3) is 0 Å². The largest absolute Gasteiger partial charge is 0.454 e. The van der Waals surface area contributed by atoms with E-state index in [0.717, 1.165) is 9.87 Å². The predicted molar refractivity (Wildman–Crippen MR) is 114 cm³/mol. The summed E-state index contributed by atoms with van der Waals surface area (Å²) in [4.78, 5) is 24.7. The van der Waals surface area contributed by atoms with Crippen LogP contribution in [0.1, 0.15) is 24.0 Å². The third kappa shape index (κ3) is 5.22. The zero-order chi connectivity index (χ0) is 22.6. The molecule has 1 N–H and O–H groups in total. The van der Waals surface area contributed by atoms with Gasteiger partial charge in [-0.1, -0.05) is 29.3 Å². The average molecular weight is 462 g/mol. The molecule has 31 heavy (non-hydrogen) atoms. The van der Waals surface area contributed by atoms with E-state index in [9.17, 15) is 18.0 Å². The maximum Gasteiger partial charge on any atom is 0.324 e. The third-order valence-corrected chi connectivity index (χ3v) is 7.06. The van der Waals surface area contributed by atoms with Gasteiger partial charge in [0.05, 0.1) is 15.5 Å². The second-order valence-corrected chi connectivity index (χ2v) is 9.35. The zero-order valence-corrected chi connectivity index (χ0v) is 18.2. The van der Waals surface area contributed by atoms with Gasteiger partial charge in [-0.3, -0.25) is 9.59 Å². The van der Waals surface area contributed by atoms with Crippen molar-refractivity contribution in [3.8, 4) is 6.07 Å². The number of benzene rings is 2. The molecule has 2 aromatic rings. The lowest BCUT2D eigenvalue weighted by molar-refractivity contribution is -0.150. The lowest BCUT2D eigenvalue weighted by atomic mass is 10.2. The summed E-state index contributed by atoms with van der Waals surface area (Å²) >= 11 is 5.92. The number of halogens is 1. The Bertz CT molecular complexity index is 1140. The summed E-state index contributed by atoms with van der Waals surface area (Å²) in [6, 6.07) is 11.7. The Morgan fingerprint density at radius 3 is 2.61 bits per heavy atom. The lowest BCUT2D eigenvalue weighted by Gasteiger charge is -2.22. The zero-order valence-electron chi connectivity index (χ0n) is 16.7. The number of carbonyl (C=O) groups is 2. The van der Waals surface area contributed by atoms with E-state index in [-0.39, 0.29) is 22.0 Å². The average Bonchev–Trinajstić information content (AvgIpc) is 3.23. The van der Waals surface area contributed by atoms with Crippen molar-refractivity contribution in [2.24, 2.45) is 0 Å². The first-order valence-electron chi connectivity index (χ1n) is 9.47. The number of nitrogens with one attached hydrogen (secondary N) is 1. The summed E-state index contributed by atoms with van der Waals surface area (Å²) < 4.78 is 32.1. The van der Waals surface area contributed by atoms with Crippen LogP contribution in [0, 0.1) is 18.3 Å². The number of rotatable bonds is 6. The van der Waals surface area contributed by atoms with Gasteiger partial charge in [-0.15, -0.1) is 0 Å². The van der Waals surface area contributed by atoms with Gasteiger partial charge in [-0.2, -0.15) is 9.57 Å². The van der Waals surface area contributed by atoms with Crippen molar-refractivity contribution in [3.05, 3.63) is 58.6 Å². The Labute approximate surface area is 185 Å². The first-order chi connectivity index (χ1) is 14.7. The van der Waals surface area contributed by atoms with E-state index in [1.807, 2.05) is 13.0 Å². The van der Waals surface area contributed by atoms with Crippen LogP contribution in [-0.4, -0.2) is 43.8 Å². The normalized spacial score (nSPS) is 16.5. The Morgan fingerprint density at radius 1 is 1.26 bits per heavy atom. The topological polar surface area (TPSA) is 117 Å². The van der Waals surface area contributed by atoms with Gasteiger partial charge >= 0.3 is 5.97 Å². The molecule has 10 heteroatoms. The van der Waals surface area contributed by atoms with Crippen molar-refractivity contribution in [1.82, 2.24) is 4.31 Å². The SMILES string of the molecule is Cc1ccc(S(=O)(=O)N2CCC[C@H]2C(=O)OCC(=O)Nc2ccc(C#N)c(Cl)c2)cc1. The molecule has 1 amide bonds. The Hall–Kier alpha value is -2.93. The van der Waals surface area contributed by atoms with Gasteiger partial charge in [0.15, 0.2) is 6.61 Å². The van der Waals surface area contributed by atoms with Crippen LogP contribution < -0.4 is 5.32 Å². The van der Waals surface area contributed by atoms with Crippen LogP contribution in [0.5, 0.6) is 0 Å². The van der Waals surface area contributed by atoms with E-state index in [1.54, 1.807) is 12.1 Å². The van der Waals surface area contributed by atoms with Crippen molar-refractivity contribution < 1.29 is 22.7 Å². The summed E-state index contributed by atoms with van der Waals surface area (Å²) in [5.74, 6) is -1.39. The standard InChI is InChI=1S/C21H20ClN3O5S/c1-14-4-8-17(9-5-14)31(28,29)25-10-2-3-19(25)21(27)30-13-20(26)24-16-7-6-15(12-23)18(22)11-16/h4-9,11,19H,2-3,10,13H2,1H3,(H,24,26)/t19-/m0/s1. The van der Waals surface area contributed by atoms with Crippen LogP contribution in [0.3, 0.4) is 0 Å². The number of anilines is 1. The van der Waals surface area contributed by atoms with Crippen LogP contribution in [0.4, 0.5) is 5.69 Å². The molecule has 0 aliphatic carbocycles. The number of aryl methyl sites for hydroxylation is 1. The van der Waals surface area contributed by atoms with E-state index < -0.39 is 34.5 Å². The minimum absolute atomic E-state index is 0.105. The molecule has 162 valence electrons. The van der Waals surface area contributed by atoms with E-state index in [0.29, 0.717) is 18.5 Å². The highest BCUT2D eigenvalue weighted by molar-refractivity contribution is 7.89. The van der Waals surface area contributed by atoms with Gasteiger partial charge in [0.25, 0.3) is 5.91 Å². The number of hydrogen-bond acceptors (Lipinski definition) is 6. The van der Waals surface area contributed by atoms with E-state index in [4.69, 9.17) is 21.6 Å². The summed E-state index contributed by atoms with van der Waals surface area (Å²) in [5, 5.41) is 11.6. The molecule has 2 aromatic carbocycles. The molecule has 0 unspecified atom stereocenters.